The van der Waals surface area contributed by atoms with E-state index in [4.69, 9.17) is 4.74 Å². The smallest absolute Gasteiger partial charge is 0.317 e. The lowest BCUT2D eigenvalue weighted by Crippen LogP contribution is -2.39. The second-order valence-electron chi connectivity index (χ2n) is 4.02. The second kappa shape index (κ2) is 7.89. The van der Waals surface area contributed by atoms with Gasteiger partial charge in [-0.1, -0.05) is 0 Å². The van der Waals surface area contributed by atoms with Gasteiger partial charge in [0, 0.05) is 39.7 Å². The number of nitrogens with zero attached hydrogens (tertiary/aromatic N) is 1. The summed E-state index contributed by atoms with van der Waals surface area (Å²) in [5, 5.41) is 5.44. The van der Waals surface area contributed by atoms with Crippen LogP contribution in [-0.4, -0.2) is 56.7 Å². The van der Waals surface area contributed by atoms with Crippen molar-refractivity contribution in [3.05, 3.63) is 0 Å². The third-order valence-electron chi connectivity index (χ3n) is 2.65. The van der Waals surface area contributed by atoms with Crippen molar-refractivity contribution in [2.75, 3.05) is 39.9 Å². The van der Waals surface area contributed by atoms with Gasteiger partial charge in [0.15, 0.2) is 0 Å². The molecule has 2 N–H and O–H groups in total. The zero-order valence-corrected chi connectivity index (χ0v) is 10.3. The molecular formula is C11H21N3O3. The molecule has 1 rings (SSSR count). The molecule has 6 nitrogen and oxygen atoms in total. The van der Waals surface area contributed by atoms with Crippen molar-refractivity contribution in [1.29, 1.82) is 0 Å². The van der Waals surface area contributed by atoms with Gasteiger partial charge in [0.2, 0.25) is 5.91 Å². The van der Waals surface area contributed by atoms with Gasteiger partial charge in [-0.3, -0.25) is 4.79 Å². The lowest BCUT2D eigenvalue weighted by atomic mass is 10.4. The Kier molecular flexibility index (Phi) is 6.39. The van der Waals surface area contributed by atoms with Crippen molar-refractivity contribution in [3.8, 4) is 0 Å². The molecule has 17 heavy (non-hydrogen) atoms. The second-order valence-corrected chi connectivity index (χ2v) is 4.02. The van der Waals surface area contributed by atoms with Crippen molar-refractivity contribution in [2.45, 2.75) is 19.3 Å². The molecule has 0 bridgehead atoms. The first-order chi connectivity index (χ1) is 8.24. The Hall–Kier alpha value is -1.30. The van der Waals surface area contributed by atoms with Crippen molar-refractivity contribution in [1.82, 2.24) is 15.5 Å². The lowest BCUT2D eigenvalue weighted by molar-refractivity contribution is -0.121. The number of carbonyl (C=O) groups is 2. The average molecular weight is 243 g/mol. The molecule has 98 valence electrons. The van der Waals surface area contributed by atoms with Gasteiger partial charge in [-0.25, -0.2) is 4.79 Å². The molecule has 0 aromatic rings. The van der Waals surface area contributed by atoms with E-state index in [0.29, 0.717) is 26.1 Å². The monoisotopic (exact) mass is 243 g/mol. The fourth-order valence-corrected chi connectivity index (χ4v) is 1.70. The Morgan fingerprint density at radius 2 is 1.88 bits per heavy atom. The van der Waals surface area contributed by atoms with Crippen LogP contribution >= 0.6 is 0 Å². The van der Waals surface area contributed by atoms with Crippen LogP contribution < -0.4 is 10.6 Å². The van der Waals surface area contributed by atoms with Crippen LogP contribution in [0.1, 0.15) is 19.3 Å². The topological polar surface area (TPSA) is 70.7 Å². The standard InChI is InChI=1S/C11H21N3O3/c1-17-9-6-12-10(15)4-5-13-11(16)14-7-2-3-8-14/h2-9H2,1H3,(H,12,15)(H,13,16). The van der Waals surface area contributed by atoms with Crippen molar-refractivity contribution >= 4 is 11.9 Å². The number of urea groups is 1. The third kappa shape index (κ3) is 5.53. The Labute approximate surface area is 102 Å². The average Bonchev–Trinajstić information content (AvgIpc) is 2.82. The fourth-order valence-electron chi connectivity index (χ4n) is 1.70. The number of hydrogen-bond donors (Lipinski definition) is 2. The van der Waals surface area contributed by atoms with E-state index in [9.17, 15) is 9.59 Å². The van der Waals surface area contributed by atoms with E-state index < -0.39 is 0 Å². The molecule has 0 aromatic carbocycles. The summed E-state index contributed by atoms with van der Waals surface area (Å²) >= 11 is 0. The van der Waals surface area contributed by atoms with Crippen LogP contribution in [0.4, 0.5) is 4.79 Å². The number of nitrogens with one attached hydrogen (secondary N) is 2. The van der Waals surface area contributed by atoms with Gasteiger partial charge in [-0.2, -0.15) is 0 Å². The molecule has 0 aliphatic carbocycles. The highest BCUT2D eigenvalue weighted by Gasteiger charge is 2.17. The number of methoxy groups -OCH3 is 1. The zero-order chi connectivity index (χ0) is 12.5. The number of rotatable bonds is 6. The zero-order valence-electron chi connectivity index (χ0n) is 10.3. The summed E-state index contributed by atoms with van der Waals surface area (Å²) < 4.78 is 4.81. The Bertz CT molecular complexity index is 252. The normalized spacial score (nSPS) is 14.8. The minimum absolute atomic E-state index is 0.0628. The third-order valence-corrected chi connectivity index (χ3v) is 2.65. The summed E-state index contributed by atoms with van der Waals surface area (Å²) in [5.41, 5.74) is 0. The molecule has 1 heterocycles. The first-order valence-corrected chi connectivity index (χ1v) is 6.02. The molecule has 6 heteroatoms. The number of likely N-dealkylation sites (tertiary alicyclic amines) is 1. The quantitative estimate of drug-likeness (QED) is 0.642. The predicted molar refractivity (Wildman–Crippen MR) is 63.7 cm³/mol. The summed E-state index contributed by atoms with van der Waals surface area (Å²) in [6, 6.07) is -0.0628. The number of carbonyl (C=O) groups excluding carboxylic acids is 2. The van der Waals surface area contributed by atoms with Crippen molar-refractivity contribution in [3.63, 3.8) is 0 Å². The maximum Gasteiger partial charge on any atom is 0.317 e. The van der Waals surface area contributed by atoms with Crippen molar-refractivity contribution in [2.24, 2.45) is 0 Å². The van der Waals surface area contributed by atoms with Crippen LogP contribution in [0, 0.1) is 0 Å². The molecule has 0 aromatic heterocycles. The van der Waals surface area contributed by atoms with E-state index in [1.807, 2.05) is 0 Å². The fraction of sp³-hybridized carbons (Fsp3) is 0.818. The number of ether oxygens (including phenoxy) is 1. The highest BCUT2D eigenvalue weighted by molar-refractivity contribution is 5.78. The molecule has 1 aliphatic heterocycles. The van der Waals surface area contributed by atoms with E-state index in [2.05, 4.69) is 10.6 Å². The summed E-state index contributed by atoms with van der Waals surface area (Å²) in [5.74, 6) is -0.0660. The van der Waals surface area contributed by atoms with E-state index >= 15 is 0 Å². The maximum absolute atomic E-state index is 11.6. The molecule has 1 fully saturated rings. The lowest BCUT2D eigenvalue weighted by Gasteiger charge is -2.15. The van der Waals surface area contributed by atoms with Crippen LogP contribution in [0.25, 0.3) is 0 Å². The molecule has 0 radical (unpaired) electrons. The van der Waals surface area contributed by atoms with Gasteiger partial charge in [0.05, 0.1) is 6.61 Å². The number of hydrogen-bond acceptors (Lipinski definition) is 3. The van der Waals surface area contributed by atoms with Crippen LogP contribution in [0.2, 0.25) is 0 Å². The predicted octanol–water partition coefficient (Wildman–Crippen LogP) is -0.0555. The van der Waals surface area contributed by atoms with E-state index in [1.165, 1.54) is 0 Å². The minimum atomic E-state index is -0.0660. The molecule has 1 saturated heterocycles. The van der Waals surface area contributed by atoms with Gasteiger partial charge in [0.1, 0.15) is 0 Å². The van der Waals surface area contributed by atoms with E-state index in [-0.39, 0.29) is 11.9 Å². The van der Waals surface area contributed by atoms with Gasteiger partial charge in [0.25, 0.3) is 0 Å². The van der Waals surface area contributed by atoms with Crippen LogP contribution in [0.3, 0.4) is 0 Å². The molecule has 1 aliphatic rings. The minimum Gasteiger partial charge on any atom is -0.383 e. The van der Waals surface area contributed by atoms with Gasteiger partial charge < -0.3 is 20.3 Å². The maximum atomic E-state index is 11.6. The largest absolute Gasteiger partial charge is 0.383 e. The van der Waals surface area contributed by atoms with E-state index in [0.717, 1.165) is 25.9 Å². The molecule has 0 spiro atoms. The Balaban J connectivity index is 2.02. The SMILES string of the molecule is COCCNC(=O)CCNC(=O)N1CCCC1. The summed E-state index contributed by atoms with van der Waals surface area (Å²) in [6.07, 6.45) is 2.46. The first-order valence-electron chi connectivity index (χ1n) is 6.02. The summed E-state index contributed by atoms with van der Waals surface area (Å²) in [7, 11) is 1.59. The van der Waals surface area contributed by atoms with E-state index in [1.54, 1.807) is 12.0 Å². The summed E-state index contributed by atoms with van der Waals surface area (Å²) in [6.45, 7) is 3.05. The Morgan fingerprint density at radius 1 is 1.18 bits per heavy atom. The van der Waals surface area contributed by atoms with Gasteiger partial charge in [-0.05, 0) is 12.8 Å². The highest BCUT2D eigenvalue weighted by Crippen LogP contribution is 2.06. The molecule has 0 atom stereocenters. The highest BCUT2D eigenvalue weighted by atomic mass is 16.5. The summed E-state index contributed by atoms with van der Waals surface area (Å²) in [4.78, 5) is 24.6. The van der Waals surface area contributed by atoms with Gasteiger partial charge in [-0.15, -0.1) is 0 Å². The molecular weight excluding hydrogens is 222 g/mol. The van der Waals surface area contributed by atoms with Crippen LogP contribution in [0.15, 0.2) is 0 Å². The van der Waals surface area contributed by atoms with Crippen molar-refractivity contribution < 1.29 is 14.3 Å². The first kappa shape index (κ1) is 13.8. The van der Waals surface area contributed by atoms with Crippen LogP contribution in [-0.2, 0) is 9.53 Å². The molecule has 0 saturated carbocycles. The van der Waals surface area contributed by atoms with Gasteiger partial charge >= 0.3 is 6.03 Å². The Morgan fingerprint density at radius 3 is 2.53 bits per heavy atom. The molecule has 3 amide bonds. The molecule has 0 unspecified atom stereocenters. The van der Waals surface area contributed by atoms with Crippen LogP contribution in [0.5, 0.6) is 0 Å². The number of amides is 3.